The summed E-state index contributed by atoms with van der Waals surface area (Å²) in [6, 6.07) is 7.91. The molecule has 2 heterocycles. The maximum atomic E-state index is 9.43. The summed E-state index contributed by atoms with van der Waals surface area (Å²) in [5.74, 6) is 1.70. The molecule has 1 fully saturated rings. The van der Waals surface area contributed by atoms with E-state index in [0.717, 1.165) is 21.2 Å². The van der Waals surface area contributed by atoms with Crippen molar-refractivity contribution < 1.29 is 4.74 Å². The molecule has 0 atom stereocenters. The molecule has 0 unspecified atom stereocenters. The highest BCUT2D eigenvalue weighted by atomic mass is 32.2. The van der Waals surface area contributed by atoms with Gasteiger partial charge in [-0.2, -0.15) is 5.26 Å². The number of hydrogen-bond acceptors (Lipinski definition) is 7. The summed E-state index contributed by atoms with van der Waals surface area (Å²) in [7, 11) is 0. The minimum atomic E-state index is 0.0361. The maximum Gasteiger partial charge on any atom is 0.137 e. The molecule has 2 N–H and O–H groups in total. The molecule has 7 heteroatoms. The van der Waals surface area contributed by atoms with Gasteiger partial charge in [0, 0.05) is 24.1 Å². The molecule has 4 rings (SSSR count). The third-order valence-corrected chi connectivity index (χ3v) is 8.12. The molecule has 2 aliphatic rings. The summed E-state index contributed by atoms with van der Waals surface area (Å²) in [5.41, 5.74) is 5.66. The van der Waals surface area contributed by atoms with E-state index in [9.17, 15) is 5.26 Å². The molecule has 39 heavy (non-hydrogen) atoms. The second kappa shape index (κ2) is 18.1. The second-order valence-electron chi connectivity index (χ2n) is 9.81. The number of benzene rings is 1. The second-order valence-corrected chi connectivity index (χ2v) is 11.6. The van der Waals surface area contributed by atoms with Crippen LogP contribution in [0.3, 0.4) is 0 Å². The normalized spacial score (nSPS) is 15.7. The summed E-state index contributed by atoms with van der Waals surface area (Å²) < 4.78 is 5.70. The SMILES string of the molecule is CC.CC1=C(/C=C\C=C(/C)c2cnc(-c3ccc(OC(C)C)c(C#N)c3)s2)CCC1.NSCCN1CCCC1. The molecule has 1 aromatic heterocycles. The van der Waals surface area contributed by atoms with Gasteiger partial charge in [-0.3, -0.25) is 5.14 Å². The average Bonchev–Trinajstić information content (AvgIpc) is 3.72. The van der Waals surface area contributed by atoms with Crippen LogP contribution in [0, 0.1) is 11.3 Å². The van der Waals surface area contributed by atoms with Crippen molar-refractivity contribution in [1.29, 1.82) is 5.26 Å². The van der Waals surface area contributed by atoms with Crippen molar-refractivity contribution in [3.63, 3.8) is 0 Å². The minimum absolute atomic E-state index is 0.0361. The van der Waals surface area contributed by atoms with Crippen LogP contribution in [-0.2, 0) is 0 Å². The number of allylic oxidation sites excluding steroid dienone is 6. The number of nitrogens with zero attached hydrogens (tertiary/aromatic N) is 3. The Morgan fingerprint density at radius 2 is 1.97 bits per heavy atom. The van der Waals surface area contributed by atoms with Crippen molar-refractivity contribution in [2.75, 3.05) is 25.4 Å². The number of nitriles is 1. The lowest BCUT2D eigenvalue weighted by Crippen LogP contribution is -2.22. The standard InChI is InChI=1S/C24H26N2OS.C6H14N2S.C2H6/c1-16(2)27-22-12-11-20(13-21(22)14-25)24-26-15-23(28-24)18(4)8-6-10-19-9-5-7-17(19)3;7-9-6-5-8-3-1-2-4-8;1-2/h6,8,10-13,15-16H,5,7,9H2,1-4H3;1-7H2;1-2H3/b10-6-,18-8+;;. The molecule has 0 saturated carbocycles. The van der Waals surface area contributed by atoms with E-state index in [2.05, 4.69) is 48.0 Å². The van der Waals surface area contributed by atoms with Crippen LogP contribution in [0.25, 0.3) is 16.1 Å². The van der Waals surface area contributed by atoms with E-state index in [4.69, 9.17) is 9.88 Å². The monoisotopic (exact) mass is 566 g/mol. The largest absolute Gasteiger partial charge is 0.490 e. The van der Waals surface area contributed by atoms with Crippen LogP contribution in [0.4, 0.5) is 0 Å². The zero-order valence-corrected chi connectivity index (χ0v) is 26.3. The van der Waals surface area contributed by atoms with Gasteiger partial charge in [0.05, 0.1) is 16.5 Å². The van der Waals surface area contributed by atoms with Gasteiger partial charge < -0.3 is 9.64 Å². The Bertz CT molecular complexity index is 1150. The van der Waals surface area contributed by atoms with Crippen LogP contribution < -0.4 is 9.88 Å². The number of hydrogen-bond donors (Lipinski definition) is 1. The van der Waals surface area contributed by atoms with Gasteiger partial charge in [0.25, 0.3) is 0 Å². The van der Waals surface area contributed by atoms with Crippen LogP contribution in [0.1, 0.15) is 84.1 Å². The predicted octanol–water partition coefficient (Wildman–Crippen LogP) is 8.64. The highest BCUT2D eigenvalue weighted by molar-refractivity contribution is 7.97. The molecule has 0 spiro atoms. The quantitative estimate of drug-likeness (QED) is 0.242. The Kier molecular flexibility index (Phi) is 15.2. The lowest BCUT2D eigenvalue weighted by atomic mass is 10.1. The minimum Gasteiger partial charge on any atom is -0.490 e. The van der Waals surface area contributed by atoms with Gasteiger partial charge >= 0.3 is 0 Å². The summed E-state index contributed by atoms with van der Waals surface area (Å²) in [4.78, 5) is 8.17. The van der Waals surface area contributed by atoms with Gasteiger partial charge in [-0.15, -0.1) is 11.3 Å². The van der Waals surface area contributed by atoms with E-state index in [1.807, 2.05) is 52.1 Å². The van der Waals surface area contributed by atoms with Crippen molar-refractivity contribution in [3.05, 3.63) is 64.2 Å². The van der Waals surface area contributed by atoms with E-state index in [1.54, 1.807) is 11.3 Å². The van der Waals surface area contributed by atoms with Crippen molar-refractivity contribution in [3.8, 4) is 22.4 Å². The lowest BCUT2D eigenvalue weighted by molar-refractivity contribution is 0.242. The van der Waals surface area contributed by atoms with E-state index >= 15 is 0 Å². The Morgan fingerprint density at radius 3 is 2.59 bits per heavy atom. The van der Waals surface area contributed by atoms with Gasteiger partial charge in [0.2, 0.25) is 0 Å². The Balaban J connectivity index is 0.000000407. The molecule has 2 aromatic rings. The van der Waals surface area contributed by atoms with Crippen LogP contribution in [0.5, 0.6) is 5.75 Å². The summed E-state index contributed by atoms with van der Waals surface area (Å²) >= 11 is 3.09. The molecule has 0 amide bonds. The van der Waals surface area contributed by atoms with Crippen LogP contribution in [-0.4, -0.2) is 41.4 Å². The maximum absolute atomic E-state index is 9.43. The zero-order chi connectivity index (χ0) is 28.6. The summed E-state index contributed by atoms with van der Waals surface area (Å²) in [5, 5.41) is 15.6. The van der Waals surface area contributed by atoms with Gasteiger partial charge in [0.15, 0.2) is 0 Å². The molecule has 0 radical (unpaired) electrons. The Hall–Kier alpha value is -2.37. The number of aromatic nitrogens is 1. The fourth-order valence-electron chi connectivity index (χ4n) is 4.42. The first-order chi connectivity index (χ1) is 18.9. The first-order valence-corrected chi connectivity index (χ1v) is 16.0. The topological polar surface area (TPSA) is 75.2 Å². The van der Waals surface area contributed by atoms with Crippen LogP contribution in [0.2, 0.25) is 0 Å². The molecule has 1 aliphatic heterocycles. The smallest absolute Gasteiger partial charge is 0.137 e. The van der Waals surface area contributed by atoms with E-state index < -0.39 is 0 Å². The van der Waals surface area contributed by atoms with Crippen LogP contribution >= 0.6 is 23.3 Å². The Labute approximate surface area is 245 Å². The molecule has 1 aromatic carbocycles. The molecule has 5 nitrogen and oxygen atoms in total. The number of ether oxygens (including phenoxy) is 1. The third-order valence-electron chi connectivity index (χ3n) is 6.52. The van der Waals surface area contributed by atoms with Crippen LogP contribution in [0.15, 0.2) is 53.8 Å². The predicted molar refractivity (Wildman–Crippen MR) is 171 cm³/mol. The summed E-state index contributed by atoms with van der Waals surface area (Å²) in [6.07, 6.45) is 14.9. The fourth-order valence-corrected chi connectivity index (χ4v) is 5.68. The summed E-state index contributed by atoms with van der Waals surface area (Å²) in [6.45, 7) is 16.0. The molecule has 1 saturated heterocycles. The van der Waals surface area contributed by atoms with Crippen molar-refractivity contribution in [2.45, 2.75) is 79.8 Å². The van der Waals surface area contributed by atoms with Crippen molar-refractivity contribution in [1.82, 2.24) is 9.88 Å². The van der Waals surface area contributed by atoms with Gasteiger partial charge in [0.1, 0.15) is 16.8 Å². The van der Waals surface area contributed by atoms with Gasteiger partial charge in [-0.25, -0.2) is 4.98 Å². The molecule has 212 valence electrons. The zero-order valence-electron chi connectivity index (χ0n) is 24.6. The fraction of sp³-hybridized carbons (Fsp3) is 0.500. The van der Waals surface area contributed by atoms with Crippen molar-refractivity contribution >= 4 is 28.9 Å². The molecule has 1 aliphatic carbocycles. The van der Waals surface area contributed by atoms with Crippen molar-refractivity contribution in [2.24, 2.45) is 5.14 Å². The average molecular weight is 567 g/mol. The Morgan fingerprint density at radius 1 is 1.23 bits per heavy atom. The van der Waals surface area contributed by atoms with E-state index in [-0.39, 0.29) is 6.10 Å². The molecule has 0 bridgehead atoms. The highest BCUT2D eigenvalue weighted by Gasteiger charge is 2.12. The number of likely N-dealkylation sites (tertiary alicyclic amines) is 1. The van der Waals surface area contributed by atoms with E-state index in [0.29, 0.717) is 11.3 Å². The number of thiazole rings is 1. The number of rotatable bonds is 9. The van der Waals surface area contributed by atoms with Gasteiger partial charge in [-0.1, -0.05) is 49.6 Å². The molecular weight excluding hydrogens is 521 g/mol. The first kappa shape index (κ1) is 32.8. The molecular formula is C32H46N4OS2. The van der Waals surface area contributed by atoms with E-state index in [1.165, 1.54) is 80.4 Å². The number of nitrogens with two attached hydrogens (primary N) is 1. The van der Waals surface area contributed by atoms with Gasteiger partial charge in [-0.05, 0) is 102 Å². The highest BCUT2D eigenvalue weighted by Crippen LogP contribution is 2.32. The third kappa shape index (κ3) is 11.0. The lowest BCUT2D eigenvalue weighted by Gasteiger charge is -2.11. The first-order valence-electron chi connectivity index (χ1n) is 14.2.